The molecule has 0 fully saturated rings. The van der Waals surface area contributed by atoms with Crippen LogP contribution in [-0.2, 0) is 4.79 Å². The Balaban J connectivity index is 2.45. The van der Waals surface area contributed by atoms with Crippen LogP contribution in [0.15, 0.2) is 73.3 Å². The van der Waals surface area contributed by atoms with Gasteiger partial charge in [0.25, 0.3) is 0 Å². The van der Waals surface area contributed by atoms with E-state index >= 15 is 0 Å². The molecule has 3 heteroatoms. The van der Waals surface area contributed by atoms with Crippen molar-refractivity contribution in [2.45, 2.75) is 25.9 Å². The van der Waals surface area contributed by atoms with Crippen molar-refractivity contribution >= 4 is 5.97 Å². The number of hydrogen-bond acceptors (Lipinski definition) is 2. The van der Waals surface area contributed by atoms with Crippen molar-refractivity contribution < 1.29 is 9.90 Å². The Hall–Kier alpha value is -2.39. The molecule has 3 atom stereocenters. The Labute approximate surface area is 144 Å². The van der Waals surface area contributed by atoms with Crippen molar-refractivity contribution in [3.8, 4) is 0 Å². The van der Waals surface area contributed by atoms with Crippen LogP contribution in [0.3, 0.4) is 0 Å². The van der Waals surface area contributed by atoms with Gasteiger partial charge in [-0.3, -0.25) is 9.69 Å². The first-order valence-electron chi connectivity index (χ1n) is 8.25. The third kappa shape index (κ3) is 4.12. The molecule has 3 unspecified atom stereocenters. The molecule has 0 saturated heterocycles. The quantitative estimate of drug-likeness (QED) is 0.716. The molecule has 2 rings (SSSR count). The second-order valence-electron chi connectivity index (χ2n) is 6.05. The number of nitrogens with zero attached hydrogens (tertiary/aromatic N) is 1. The van der Waals surface area contributed by atoms with Gasteiger partial charge in [-0.25, -0.2) is 0 Å². The monoisotopic (exact) mass is 323 g/mol. The molecule has 1 N–H and O–H groups in total. The zero-order valence-electron chi connectivity index (χ0n) is 14.3. The molecule has 0 aliphatic carbocycles. The van der Waals surface area contributed by atoms with E-state index in [0.29, 0.717) is 6.54 Å². The fraction of sp³-hybridized carbons (Fsp3) is 0.286. The molecule has 0 bridgehead atoms. The van der Waals surface area contributed by atoms with Crippen molar-refractivity contribution in [2.75, 3.05) is 6.54 Å². The average molecular weight is 323 g/mol. The van der Waals surface area contributed by atoms with Gasteiger partial charge in [0.2, 0.25) is 0 Å². The molecular formula is C21H25NO2. The van der Waals surface area contributed by atoms with E-state index in [1.165, 1.54) is 0 Å². The number of benzene rings is 2. The first kappa shape index (κ1) is 18.0. The lowest BCUT2D eigenvalue weighted by molar-refractivity contribution is -0.144. The van der Waals surface area contributed by atoms with Crippen molar-refractivity contribution in [2.24, 2.45) is 5.92 Å². The van der Waals surface area contributed by atoms with Crippen LogP contribution in [0.4, 0.5) is 0 Å². The molecule has 0 aromatic heterocycles. The van der Waals surface area contributed by atoms with Crippen LogP contribution in [0.2, 0.25) is 0 Å². The second-order valence-corrected chi connectivity index (χ2v) is 6.05. The van der Waals surface area contributed by atoms with Crippen LogP contribution in [0.25, 0.3) is 0 Å². The highest BCUT2D eigenvalue weighted by Gasteiger charge is 2.33. The predicted molar refractivity (Wildman–Crippen MR) is 97.7 cm³/mol. The maximum atomic E-state index is 11.7. The molecule has 0 aliphatic rings. The SMILES string of the molecule is C=CCN(C(C)c1ccccc1)C(c1ccccc1)C(C)C(=O)O. The first-order valence-corrected chi connectivity index (χ1v) is 8.25. The van der Waals surface area contributed by atoms with Crippen molar-refractivity contribution in [1.82, 2.24) is 4.90 Å². The molecule has 24 heavy (non-hydrogen) atoms. The van der Waals surface area contributed by atoms with Crippen LogP contribution >= 0.6 is 0 Å². The normalized spacial score (nSPS) is 14.8. The smallest absolute Gasteiger partial charge is 0.308 e. The highest BCUT2D eigenvalue weighted by atomic mass is 16.4. The van der Waals surface area contributed by atoms with Gasteiger partial charge in [0, 0.05) is 18.6 Å². The minimum Gasteiger partial charge on any atom is -0.481 e. The van der Waals surface area contributed by atoms with Crippen LogP contribution in [-0.4, -0.2) is 22.5 Å². The van der Waals surface area contributed by atoms with E-state index in [2.05, 4.69) is 30.5 Å². The first-order chi connectivity index (χ1) is 11.6. The molecule has 0 amide bonds. The molecule has 126 valence electrons. The van der Waals surface area contributed by atoms with Crippen LogP contribution in [0.1, 0.15) is 37.1 Å². The summed E-state index contributed by atoms with van der Waals surface area (Å²) in [6.45, 7) is 8.37. The molecular weight excluding hydrogens is 298 g/mol. The molecule has 0 radical (unpaired) electrons. The molecule has 2 aromatic rings. The zero-order chi connectivity index (χ0) is 17.5. The van der Waals surface area contributed by atoms with E-state index in [1.54, 1.807) is 6.92 Å². The summed E-state index contributed by atoms with van der Waals surface area (Å²) in [5.41, 5.74) is 2.18. The summed E-state index contributed by atoms with van der Waals surface area (Å²) in [5.74, 6) is -1.32. The number of hydrogen-bond donors (Lipinski definition) is 1. The lowest BCUT2D eigenvalue weighted by atomic mass is 9.90. The van der Waals surface area contributed by atoms with Gasteiger partial charge in [0.1, 0.15) is 0 Å². The Morgan fingerprint density at radius 3 is 2.00 bits per heavy atom. The predicted octanol–water partition coefficient (Wildman–Crippen LogP) is 4.70. The number of carboxylic acid groups (broad SMARTS) is 1. The van der Waals surface area contributed by atoms with E-state index in [-0.39, 0.29) is 12.1 Å². The lowest BCUT2D eigenvalue weighted by Crippen LogP contribution is -2.37. The Bertz CT molecular complexity index is 654. The van der Waals surface area contributed by atoms with E-state index in [0.717, 1.165) is 11.1 Å². The van der Waals surface area contributed by atoms with Gasteiger partial charge >= 0.3 is 5.97 Å². The minimum atomic E-state index is -0.793. The molecule has 0 spiro atoms. The summed E-state index contributed by atoms with van der Waals surface area (Å²) in [6.07, 6.45) is 1.84. The number of carboxylic acids is 1. The summed E-state index contributed by atoms with van der Waals surface area (Å²) in [7, 11) is 0. The summed E-state index contributed by atoms with van der Waals surface area (Å²) < 4.78 is 0. The molecule has 0 heterocycles. The fourth-order valence-electron chi connectivity index (χ4n) is 3.14. The Morgan fingerprint density at radius 1 is 1.04 bits per heavy atom. The standard InChI is InChI=1S/C21H25NO2/c1-4-15-22(17(3)18-11-7-5-8-12-18)20(16(2)21(23)24)19-13-9-6-10-14-19/h4-14,16-17,20H,1,15H2,2-3H3,(H,23,24). The number of aliphatic carboxylic acids is 1. The topological polar surface area (TPSA) is 40.5 Å². The largest absolute Gasteiger partial charge is 0.481 e. The van der Waals surface area contributed by atoms with E-state index in [1.807, 2.05) is 54.6 Å². The summed E-state index contributed by atoms with van der Waals surface area (Å²) in [6, 6.07) is 19.9. The van der Waals surface area contributed by atoms with E-state index in [4.69, 9.17) is 0 Å². The van der Waals surface area contributed by atoms with Gasteiger partial charge in [-0.15, -0.1) is 6.58 Å². The second kappa shape index (κ2) is 8.46. The van der Waals surface area contributed by atoms with Gasteiger partial charge in [0.05, 0.1) is 5.92 Å². The fourth-order valence-corrected chi connectivity index (χ4v) is 3.14. The third-order valence-corrected chi connectivity index (χ3v) is 4.48. The molecule has 3 nitrogen and oxygen atoms in total. The zero-order valence-corrected chi connectivity index (χ0v) is 14.3. The average Bonchev–Trinajstić information content (AvgIpc) is 2.62. The van der Waals surface area contributed by atoms with Crippen molar-refractivity contribution in [3.05, 3.63) is 84.4 Å². The van der Waals surface area contributed by atoms with Crippen LogP contribution < -0.4 is 0 Å². The number of carbonyl (C=O) groups is 1. The Morgan fingerprint density at radius 2 is 1.54 bits per heavy atom. The summed E-state index contributed by atoms with van der Waals surface area (Å²) in [5, 5.41) is 9.63. The van der Waals surface area contributed by atoms with Crippen molar-refractivity contribution in [1.29, 1.82) is 0 Å². The van der Waals surface area contributed by atoms with Crippen molar-refractivity contribution in [3.63, 3.8) is 0 Å². The van der Waals surface area contributed by atoms with Crippen LogP contribution in [0, 0.1) is 5.92 Å². The summed E-state index contributed by atoms with van der Waals surface area (Å²) in [4.78, 5) is 13.9. The van der Waals surface area contributed by atoms with E-state index in [9.17, 15) is 9.90 Å². The van der Waals surface area contributed by atoms with Crippen LogP contribution in [0.5, 0.6) is 0 Å². The molecule has 0 aliphatic heterocycles. The lowest BCUT2D eigenvalue weighted by Gasteiger charge is -2.38. The van der Waals surface area contributed by atoms with Gasteiger partial charge in [-0.1, -0.05) is 73.7 Å². The minimum absolute atomic E-state index is 0.0798. The summed E-state index contributed by atoms with van der Waals surface area (Å²) >= 11 is 0. The van der Waals surface area contributed by atoms with Gasteiger partial charge in [-0.05, 0) is 18.1 Å². The maximum Gasteiger partial charge on any atom is 0.308 e. The van der Waals surface area contributed by atoms with Gasteiger partial charge < -0.3 is 5.11 Å². The van der Waals surface area contributed by atoms with Gasteiger partial charge in [0.15, 0.2) is 0 Å². The van der Waals surface area contributed by atoms with Gasteiger partial charge in [-0.2, -0.15) is 0 Å². The third-order valence-electron chi connectivity index (χ3n) is 4.48. The number of rotatable bonds is 8. The molecule has 0 saturated carbocycles. The highest BCUT2D eigenvalue weighted by molar-refractivity contribution is 5.70. The van der Waals surface area contributed by atoms with E-state index < -0.39 is 11.9 Å². The highest BCUT2D eigenvalue weighted by Crippen LogP contribution is 2.35. The Kier molecular flexibility index (Phi) is 6.33. The maximum absolute atomic E-state index is 11.7. The molecule has 2 aromatic carbocycles.